The van der Waals surface area contributed by atoms with Crippen LogP contribution < -0.4 is 0 Å². The molecule has 2 heterocycles. The minimum atomic E-state index is -4.66. The minimum absolute atomic E-state index is 0.0152. The number of aromatic nitrogens is 4. The fourth-order valence-electron chi connectivity index (χ4n) is 2.32. The summed E-state index contributed by atoms with van der Waals surface area (Å²) in [5, 5.41) is 8.27. The molecule has 0 radical (unpaired) electrons. The number of carbonyl (C=O) groups excluding carboxylic acids is 2. The van der Waals surface area contributed by atoms with Crippen molar-refractivity contribution in [2.24, 2.45) is 5.92 Å². The second kappa shape index (κ2) is 11.0. The SMILES string of the molecule is CCOC(=O)c1cn(CC(C)C)nc1C(F)(F)F.CCOC(=O)c1cn[nH]c1C(F)(F)F. The van der Waals surface area contributed by atoms with Crippen molar-refractivity contribution in [3.8, 4) is 0 Å². The predicted octanol–water partition coefficient (Wildman–Crippen LogP) is 4.34. The molecule has 0 aromatic carbocycles. The molecule has 14 heteroatoms. The second-order valence-corrected chi connectivity index (χ2v) is 6.60. The highest BCUT2D eigenvalue weighted by Crippen LogP contribution is 2.31. The Morgan fingerprint density at radius 1 is 1.00 bits per heavy atom. The summed E-state index contributed by atoms with van der Waals surface area (Å²) >= 11 is 0. The van der Waals surface area contributed by atoms with Crippen LogP contribution in [0.5, 0.6) is 0 Å². The zero-order chi connectivity index (χ0) is 24.7. The van der Waals surface area contributed by atoms with Gasteiger partial charge < -0.3 is 9.47 Å². The lowest BCUT2D eigenvalue weighted by Crippen LogP contribution is -2.14. The number of nitrogens with one attached hydrogen (secondary N) is 1. The topological polar surface area (TPSA) is 99.1 Å². The van der Waals surface area contributed by atoms with E-state index in [1.54, 1.807) is 5.10 Å². The molecule has 0 unspecified atom stereocenters. The third-order valence-corrected chi connectivity index (χ3v) is 3.50. The number of aromatic amines is 1. The first kappa shape index (κ1) is 27.0. The summed E-state index contributed by atoms with van der Waals surface area (Å²) in [7, 11) is 0. The molecular weight excluding hydrogens is 450 g/mol. The lowest BCUT2D eigenvalue weighted by Gasteiger charge is -2.05. The molecule has 0 bridgehead atoms. The molecule has 0 aliphatic heterocycles. The van der Waals surface area contributed by atoms with E-state index in [9.17, 15) is 35.9 Å². The van der Waals surface area contributed by atoms with E-state index in [1.165, 1.54) is 13.8 Å². The second-order valence-electron chi connectivity index (χ2n) is 6.60. The molecule has 0 spiro atoms. The lowest BCUT2D eigenvalue weighted by molar-refractivity contribution is -0.142. The Bertz CT molecular complexity index is 902. The Labute approximate surface area is 178 Å². The van der Waals surface area contributed by atoms with Crippen molar-refractivity contribution in [1.29, 1.82) is 0 Å². The van der Waals surface area contributed by atoms with Crippen molar-refractivity contribution in [2.45, 2.75) is 46.6 Å². The van der Waals surface area contributed by atoms with Gasteiger partial charge in [-0.25, -0.2) is 9.59 Å². The highest BCUT2D eigenvalue weighted by Gasteiger charge is 2.40. The standard InChI is InChI=1S/C11H15F3N2O2.C7H7F3N2O2/c1-4-18-10(17)8-6-16(5-7(2)3)15-9(8)11(12,13)14;1-2-14-6(13)4-3-11-12-5(4)7(8,9)10/h6-7H,4-5H2,1-3H3;3H,2H2,1H3,(H,11,12). The van der Waals surface area contributed by atoms with Crippen molar-refractivity contribution in [1.82, 2.24) is 20.0 Å². The smallest absolute Gasteiger partial charge is 0.436 e. The van der Waals surface area contributed by atoms with E-state index in [2.05, 4.69) is 19.7 Å². The highest BCUT2D eigenvalue weighted by molar-refractivity contribution is 5.91. The van der Waals surface area contributed by atoms with Gasteiger partial charge in [-0.05, 0) is 19.8 Å². The van der Waals surface area contributed by atoms with Crippen molar-refractivity contribution in [3.63, 3.8) is 0 Å². The number of hydrogen-bond acceptors (Lipinski definition) is 6. The first-order chi connectivity index (χ1) is 14.7. The van der Waals surface area contributed by atoms with Gasteiger partial charge in [0.1, 0.15) is 11.1 Å². The molecule has 0 fully saturated rings. The fourth-order valence-corrected chi connectivity index (χ4v) is 2.32. The molecule has 0 aliphatic carbocycles. The monoisotopic (exact) mass is 472 g/mol. The van der Waals surface area contributed by atoms with Gasteiger partial charge in [-0.2, -0.15) is 36.5 Å². The van der Waals surface area contributed by atoms with Crippen LogP contribution in [-0.2, 0) is 28.4 Å². The molecule has 180 valence electrons. The number of halogens is 6. The summed E-state index contributed by atoms with van der Waals surface area (Å²) < 4.78 is 84.9. The molecule has 0 atom stereocenters. The van der Waals surface area contributed by atoms with Crippen LogP contribution in [0.25, 0.3) is 0 Å². The van der Waals surface area contributed by atoms with Crippen LogP contribution in [0.4, 0.5) is 26.3 Å². The van der Waals surface area contributed by atoms with Gasteiger partial charge in [-0.1, -0.05) is 13.8 Å². The third-order valence-electron chi connectivity index (χ3n) is 3.50. The zero-order valence-electron chi connectivity index (χ0n) is 17.6. The van der Waals surface area contributed by atoms with Crippen LogP contribution in [0.1, 0.15) is 59.8 Å². The Balaban J connectivity index is 0.000000330. The molecule has 2 rings (SSSR count). The maximum Gasteiger partial charge on any atom is 0.436 e. The van der Waals surface area contributed by atoms with Gasteiger partial charge in [0.15, 0.2) is 11.4 Å². The first-order valence-electron chi connectivity index (χ1n) is 9.31. The summed E-state index contributed by atoms with van der Waals surface area (Å²) in [4.78, 5) is 22.4. The van der Waals surface area contributed by atoms with Gasteiger partial charge >= 0.3 is 24.3 Å². The number of H-pyrrole nitrogens is 1. The number of alkyl halides is 6. The van der Waals surface area contributed by atoms with Crippen molar-refractivity contribution in [2.75, 3.05) is 13.2 Å². The average molecular weight is 472 g/mol. The Kier molecular flexibility index (Phi) is 9.27. The molecule has 0 aliphatic rings. The number of hydrogen-bond donors (Lipinski definition) is 1. The van der Waals surface area contributed by atoms with E-state index in [1.807, 2.05) is 13.8 Å². The summed E-state index contributed by atoms with van der Waals surface area (Å²) in [5.41, 5.74) is -3.51. The van der Waals surface area contributed by atoms with Gasteiger partial charge in [0.05, 0.1) is 19.4 Å². The molecule has 0 saturated heterocycles. The predicted molar refractivity (Wildman–Crippen MR) is 97.6 cm³/mol. The fraction of sp³-hybridized carbons (Fsp3) is 0.556. The lowest BCUT2D eigenvalue weighted by atomic mass is 10.2. The van der Waals surface area contributed by atoms with Crippen LogP contribution in [0, 0.1) is 5.92 Å². The molecule has 0 amide bonds. The third kappa shape index (κ3) is 7.57. The summed E-state index contributed by atoms with van der Waals surface area (Å²) in [6.45, 7) is 7.07. The van der Waals surface area contributed by atoms with Crippen molar-refractivity contribution in [3.05, 3.63) is 34.9 Å². The van der Waals surface area contributed by atoms with Crippen LogP contribution in [0.15, 0.2) is 12.4 Å². The van der Waals surface area contributed by atoms with Gasteiger partial charge in [0.2, 0.25) is 0 Å². The zero-order valence-corrected chi connectivity index (χ0v) is 17.6. The maximum absolute atomic E-state index is 12.7. The Morgan fingerprint density at radius 3 is 1.97 bits per heavy atom. The van der Waals surface area contributed by atoms with Gasteiger partial charge in [-0.3, -0.25) is 9.78 Å². The molecule has 2 aromatic heterocycles. The number of rotatable bonds is 6. The van der Waals surface area contributed by atoms with Crippen LogP contribution in [0.2, 0.25) is 0 Å². The molecule has 0 saturated carbocycles. The first-order valence-corrected chi connectivity index (χ1v) is 9.31. The maximum atomic E-state index is 12.7. The molecule has 2 aromatic rings. The Hall–Kier alpha value is -3.06. The summed E-state index contributed by atoms with van der Waals surface area (Å²) in [5.74, 6) is -1.91. The van der Waals surface area contributed by atoms with E-state index < -0.39 is 46.8 Å². The van der Waals surface area contributed by atoms with Gasteiger partial charge in [0, 0.05) is 12.7 Å². The van der Waals surface area contributed by atoms with Crippen LogP contribution in [-0.4, -0.2) is 45.1 Å². The summed E-state index contributed by atoms with van der Waals surface area (Å²) in [6, 6.07) is 0. The van der Waals surface area contributed by atoms with Crippen molar-refractivity contribution < 1.29 is 45.4 Å². The normalized spacial score (nSPS) is 11.7. The van der Waals surface area contributed by atoms with Crippen molar-refractivity contribution >= 4 is 11.9 Å². The number of nitrogens with zero attached hydrogens (tertiary/aromatic N) is 3. The van der Waals surface area contributed by atoms with E-state index in [0.717, 1.165) is 17.1 Å². The van der Waals surface area contributed by atoms with E-state index in [0.29, 0.717) is 6.54 Å². The quantitative estimate of drug-likeness (QED) is 0.496. The molecule has 1 N–H and O–H groups in total. The van der Waals surface area contributed by atoms with E-state index in [4.69, 9.17) is 0 Å². The van der Waals surface area contributed by atoms with Crippen LogP contribution in [0.3, 0.4) is 0 Å². The number of ether oxygens (including phenoxy) is 2. The van der Waals surface area contributed by atoms with E-state index >= 15 is 0 Å². The van der Waals surface area contributed by atoms with Crippen LogP contribution >= 0.6 is 0 Å². The largest absolute Gasteiger partial charge is 0.462 e. The molecule has 8 nitrogen and oxygen atoms in total. The molecular formula is C18H22F6N4O4. The minimum Gasteiger partial charge on any atom is -0.462 e. The van der Waals surface area contributed by atoms with Gasteiger partial charge in [0.25, 0.3) is 0 Å². The van der Waals surface area contributed by atoms with E-state index in [-0.39, 0.29) is 19.1 Å². The number of carbonyl (C=O) groups is 2. The van der Waals surface area contributed by atoms with Gasteiger partial charge in [-0.15, -0.1) is 0 Å². The highest BCUT2D eigenvalue weighted by atomic mass is 19.4. The summed E-state index contributed by atoms with van der Waals surface area (Å²) in [6.07, 6.45) is -7.41. The average Bonchev–Trinajstić information content (AvgIpc) is 3.28. The number of esters is 2. The Morgan fingerprint density at radius 2 is 1.53 bits per heavy atom. The molecule has 32 heavy (non-hydrogen) atoms.